The van der Waals surface area contributed by atoms with Gasteiger partial charge in [-0.2, -0.15) is 0 Å². The van der Waals surface area contributed by atoms with Gasteiger partial charge in [0.2, 0.25) is 0 Å². The molecule has 2 nitrogen and oxygen atoms in total. The summed E-state index contributed by atoms with van der Waals surface area (Å²) < 4.78 is 13.1. The number of hydrogen-bond acceptors (Lipinski definition) is 2. The quantitative estimate of drug-likeness (QED) is 0.854. The lowest BCUT2D eigenvalue weighted by Crippen LogP contribution is -2.37. The fraction of sp³-hybridized carbons (Fsp3) is 0.571. The highest BCUT2D eigenvalue weighted by Gasteiger charge is 2.23. The summed E-state index contributed by atoms with van der Waals surface area (Å²) in [6, 6.07) is 4.15. The molecule has 0 spiro atoms. The maximum absolute atomic E-state index is 13.1. The fourth-order valence-corrected chi connectivity index (χ4v) is 2.41. The van der Waals surface area contributed by atoms with Crippen molar-refractivity contribution in [2.24, 2.45) is 11.8 Å². The first-order valence-electron chi connectivity index (χ1n) is 6.26. The second kappa shape index (κ2) is 5.05. The van der Waals surface area contributed by atoms with E-state index in [9.17, 15) is 9.50 Å². The van der Waals surface area contributed by atoms with Gasteiger partial charge < -0.3 is 5.11 Å². The molecule has 0 aromatic heterocycles. The molecule has 1 aliphatic heterocycles. The molecule has 1 N–H and O–H groups in total. The van der Waals surface area contributed by atoms with E-state index < -0.39 is 0 Å². The standard InChI is InChI=1S/C14H20FNO/c1-10-5-6-16(8-11(10)2)9-12-7-13(15)3-4-14(12)17/h3-4,7,10-11,17H,5-6,8-9H2,1-2H3. The van der Waals surface area contributed by atoms with Crippen molar-refractivity contribution in [1.29, 1.82) is 0 Å². The minimum atomic E-state index is -0.281. The lowest BCUT2D eigenvalue weighted by atomic mass is 9.88. The summed E-state index contributed by atoms with van der Waals surface area (Å²) in [5.41, 5.74) is 0.687. The molecular weight excluding hydrogens is 217 g/mol. The average molecular weight is 237 g/mol. The molecule has 0 saturated carbocycles. The summed E-state index contributed by atoms with van der Waals surface area (Å²) in [6.07, 6.45) is 1.18. The molecule has 1 aromatic rings. The van der Waals surface area contributed by atoms with Crippen molar-refractivity contribution in [1.82, 2.24) is 4.90 Å². The summed E-state index contributed by atoms with van der Waals surface area (Å²) >= 11 is 0. The first-order valence-corrected chi connectivity index (χ1v) is 6.26. The number of likely N-dealkylation sites (tertiary alicyclic amines) is 1. The van der Waals surface area contributed by atoms with Crippen molar-refractivity contribution in [2.75, 3.05) is 13.1 Å². The Morgan fingerprint density at radius 1 is 1.35 bits per heavy atom. The molecule has 2 rings (SSSR count). The average Bonchev–Trinajstić information content (AvgIpc) is 2.29. The van der Waals surface area contributed by atoms with Crippen LogP contribution in [-0.2, 0) is 6.54 Å². The molecule has 0 amide bonds. The summed E-state index contributed by atoms with van der Waals surface area (Å²) in [5, 5.41) is 9.69. The van der Waals surface area contributed by atoms with Crippen LogP contribution in [0, 0.1) is 17.7 Å². The number of rotatable bonds is 2. The van der Waals surface area contributed by atoms with E-state index in [0.717, 1.165) is 19.0 Å². The normalized spacial score (nSPS) is 26.1. The van der Waals surface area contributed by atoms with E-state index in [1.165, 1.54) is 24.6 Å². The number of benzene rings is 1. The highest BCUT2D eigenvalue weighted by molar-refractivity contribution is 5.32. The molecule has 1 aliphatic rings. The van der Waals surface area contributed by atoms with Gasteiger partial charge in [0, 0.05) is 18.7 Å². The smallest absolute Gasteiger partial charge is 0.123 e. The van der Waals surface area contributed by atoms with E-state index in [1.807, 2.05) is 0 Å². The van der Waals surface area contributed by atoms with E-state index in [-0.39, 0.29) is 11.6 Å². The molecule has 1 aromatic carbocycles. The summed E-state index contributed by atoms with van der Waals surface area (Å²) in [5.74, 6) is 1.33. The largest absolute Gasteiger partial charge is 0.508 e. The van der Waals surface area contributed by atoms with Gasteiger partial charge in [-0.15, -0.1) is 0 Å². The Labute approximate surface area is 102 Å². The number of nitrogens with zero attached hydrogens (tertiary/aromatic N) is 1. The van der Waals surface area contributed by atoms with Crippen LogP contribution in [0.5, 0.6) is 5.75 Å². The third-order valence-electron chi connectivity index (χ3n) is 3.85. The van der Waals surface area contributed by atoms with Gasteiger partial charge in [0.15, 0.2) is 0 Å². The predicted molar refractivity (Wildman–Crippen MR) is 66.3 cm³/mol. The maximum atomic E-state index is 13.1. The number of piperidine rings is 1. The van der Waals surface area contributed by atoms with Crippen LogP contribution in [0.3, 0.4) is 0 Å². The first kappa shape index (κ1) is 12.4. The van der Waals surface area contributed by atoms with Crippen molar-refractivity contribution >= 4 is 0 Å². The van der Waals surface area contributed by atoms with Crippen LogP contribution in [0.15, 0.2) is 18.2 Å². The molecule has 1 saturated heterocycles. The molecule has 2 atom stereocenters. The molecule has 17 heavy (non-hydrogen) atoms. The van der Waals surface area contributed by atoms with Crippen LogP contribution in [0.25, 0.3) is 0 Å². The molecule has 2 unspecified atom stereocenters. The molecule has 1 fully saturated rings. The van der Waals surface area contributed by atoms with Crippen molar-refractivity contribution in [2.45, 2.75) is 26.8 Å². The van der Waals surface area contributed by atoms with Gasteiger partial charge in [-0.25, -0.2) is 4.39 Å². The van der Waals surface area contributed by atoms with Crippen LogP contribution >= 0.6 is 0 Å². The zero-order chi connectivity index (χ0) is 12.4. The molecule has 0 bridgehead atoms. The van der Waals surface area contributed by atoms with E-state index >= 15 is 0 Å². The predicted octanol–water partition coefficient (Wildman–Crippen LogP) is 3.01. The second-order valence-electron chi connectivity index (χ2n) is 5.25. The zero-order valence-corrected chi connectivity index (χ0v) is 10.5. The van der Waals surface area contributed by atoms with Crippen molar-refractivity contribution in [3.8, 4) is 5.75 Å². The van der Waals surface area contributed by atoms with Gasteiger partial charge in [0.25, 0.3) is 0 Å². The Kier molecular flexibility index (Phi) is 3.67. The molecule has 0 aliphatic carbocycles. The summed E-state index contributed by atoms with van der Waals surface area (Å²) in [4.78, 5) is 2.29. The highest BCUT2D eigenvalue weighted by Crippen LogP contribution is 2.26. The van der Waals surface area contributed by atoms with Gasteiger partial charge in [0.05, 0.1) is 0 Å². The van der Waals surface area contributed by atoms with Crippen LogP contribution in [0.4, 0.5) is 4.39 Å². The third-order valence-corrected chi connectivity index (χ3v) is 3.85. The van der Waals surface area contributed by atoms with Crippen LogP contribution < -0.4 is 0 Å². The minimum absolute atomic E-state index is 0.192. The van der Waals surface area contributed by atoms with Gasteiger partial charge >= 0.3 is 0 Å². The van der Waals surface area contributed by atoms with Gasteiger partial charge in [-0.05, 0) is 43.0 Å². The molecular formula is C14H20FNO. The number of halogens is 1. The van der Waals surface area contributed by atoms with Crippen molar-refractivity contribution in [3.05, 3.63) is 29.6 Å². The molecule has 1 heterocycles. The number of hydrogen-bond donors (Lipinski definition) is 1. The van der Waals surface area contributed by atoms with Crippen LogP contribution in [0.2, 0.25) is 0 Å². The summed E-state index contributed by atoms with van der Waals surface area (Å²) in [6.45, 7) is 7.23. The van der Waals surface area contributed by atoms with Crippen LogP contribution in [0.1, 0.15) is 25.8 Å². The Hall–Kier alpha value is -1.09. The number of aromatic hydroxyl groups is 1. The monoisotopic (exact) mass is 237 g/mol. The fourth-order valence-electron chi connectivity index (χ4n) is 2.41. The highest BCUT2D eigenvalue weighted by atomic mass is 19.1. The zero-order valence-electron chi connectivity index (χ0n) is 10.5. The first-order chi connectivity index (χ1) is 8.06. The number of phenolic OH excluding ortho intramolecular Hbond substituents is 1. The SMILES string of the molecule is CC1CCN(Cc2cc(F)ccc2O)CC1C. The lowest BCUT2D eigenvalue weighted by molar-refractivity contribution is 0.131. The second-order valence-corrected chi connectivity index (χ2v) is 5.25. The molecule has 0 radical (unpaired) electrons. The van der Waals surface area contributed by atoms with Gasteiger partial charge in [-0.3, -0.25) is 4.90 Å². The maximum Gasteiger partial charge on any atom is 0.123 e. The summed E-state index contributed by atoms with van der Waals surface area (Å²) in [7, 11) is 0. The molecule has 94 valence electrons. The van der Waals surface area contributed by atoms with Crippen molar-refractivity contribution < 1.29 is 9.50 Å². The number of phenols is 1. The van der Waals surface area contributed by atoms with Crippen molar-refractivity contribution in [3.63, 3.8) is 0 Å². The van der Waals surface area contributed by atoms with Crippen LogP contribution in [-0.4, -0.2) is 23.1 Å². The Morgan fingerprint density at radius 3 is 2.82 bits per heavy atom. The Bertz CT molecular complexity index is 394. The van der Waals surface area contributed by atoms with E-state index in [4.69, 9.17) is 0 Å². The third kappa shape index (κ3) is 2.97. The minimum Gasteiger partial charge on any atom is -0.508 e. The topological polar surface area (TPSA) is 23.5 Å². The van der Waals surface area contributed by atoms with Gasteiger partial charge in [-0.1, -0.05) is 13.8 Å². The van der Waals surface area contributed by atoms with E-state index in [1.54, 1.807) is 0 Å². The van der Waals surface area contributed by atoms with Gasteiger partial charge in [0.1, 0.15) is 11.6 Å². The molecule has 3 heteroatoms. The van der Waals surface area contributed by atoms with E-state index in [0.29, 0.717) is 18.0 Å². The lowest BCUT2D eigenvalue weighted by Gasteiger charge is -2.35. The van der Waals surface area contributed by atoms with E-state index in [2.05, 4.69) is 18.7 Å². The Morgan fingerprint density at radius 2 is 2.12 bits per heavy atom. The Balaban J connectivity index is 2.03.